The molecule has 0 saturated heterocycles. The van der Waals surface area contributed by atoms with E-state index >= 15 is 0 Å². The molecule has 4 nitrogen and oxygen atoms in total. The van der Waals surface area contributed by atoms with E-state index in [0.29, 0.717) is 17.4 Å². The second-order valence-corrected chi connectivity index (χ2v) is 10.9. The van der Waals surface area contributed by atoms with Crippen molar-refractivity contribution in [3.05, 3.63) is 71.3 Å². The summed E-state index contributed by atoms with van der Waals surface area (Å²) in [6.07, 6.45) is 7.23. The number of unbranched alkanes of at least 4 members (excludes halogenated alkanes) is 3. The van der Waals surface area contributed by atoms with Gasteiger partial charge in [-0.3, -0.25) is 9.59 Å². The van der Waals surface area contributed by atoms with Gasteiger partial charge in [0.1, 0.15) is 0 Å². The molecular weight excluding hydrogens is 452 g/mol. The number of benzene rings is 2. The number of aliphatic carboxylic acids is 2. The predicted octanol–water partition coefficient (Wildman–Crippen LogP) is 7.40. The quantitative estimate of drug-likeness (QED) is 0.178. The van der Waals surface area contributed by atoms with E-state index in [-0.39, 0.29) is 17.4 Å². The molecule has 0 radical (unpaired) electrons. The third-order valence-corrected chi connectivity index (χ3v) is 8.43. The van der Waals surface area contributed by atoms with E-state index < -0.39 is 11.9 Å². The molecule has 2 N–H and O–H groups in total. The van der Waals surface area contributed by atoms with Gasteiger partial charge in [0.25, 0.3) is 0 Å². The first-order valence-electron chi connectivity index (χ1n) is 11.8. The van der Waals surface area contributed by atoms with E-state index in [1.165, 1.54) is 42.4 Å². The van der Waals surface area contributed by atoms with Crippen LogP contribution in [-0.2, 0) is 16.0 Å². The molecule has 2 aromatic rings. The van der Waals surface area contributed by atoms with Gasteiger partial charge in [-0.15, -0.1) is 23.5 Å². The molecule has 0 heterocycles. The van der Waals surface area contributed by atoms with E-state index in [4.69, 9.17) is 10.2 Å². The molecule has 0 spiro atoms. The lowest BCUT2D eigenvalue weighted by atomic mass is 9.86. The first kappa shape index (κ1) is 27.3. The summed E-state index contributed by atoms with van der Waals surface area (Å²) in [5.74, 6) is -0.165. The Hall–Kier alpha value is -1.92. The fourth-order valence-corrected chi connectivity index (χ4v) is 6.67. The molecule has 0 aliphatic rings. The van der Waals surface area contributed by atoms with Gasteiger partial charge in [0.05, 0.1) is 17.4 Å². The summed E-state index contributed by atoms with van der Waals surface area (Å²) in [4.78, 5) is 22.1. The Morgan fingerprint density at radius 3 is 2.03 bits per heavy atom. The van der Waals surface area contributed by atoms with Crippen molar-refractivity contribution in [2.45, 2.75) is 68.8 Å². The molecule has 0 aliphatic carbocycles. The Kier molecular flexibility index (Phi) is 13.1. The monoisotopic (exact) mass is 488 g/mol. The molecule has 0 bridgehead atoms. The van der Waals surface area contributed by atoms with Gasteiger partial charge in [0, 0.05) is 11.5 Å². The summed E-state index contributed by atoms with van der Waals surface area (Å²) in [7, 11) is 0. The van der Waals surface area contributed by atoms with Crippen LogP contribution in [-0.4, -0.2) is 33.7 Å². The number of carboxylic acids is 2. The van der Waals surface area contributed by atoms with Gasteiger partial charge in [-0.2, -0.15) is 0 Å². The van der Waals surface area contributed by atoms with Crippen LogP contribution < -0.4 is 0 Å². The highest BCUT2D eigenvalue weighted by Crippen LogP contribution is 2.43. The van der Waals surface area contributed by atoms with Crippen molar-refractivity contribution < 1.29 is 19.8 Å². The fourth-order valence-electron chi connectivity index (χ4n) is 3.88. The van der Waals surface area contributed by atoms with Crippen LogP contribution in [0.5, 0.6) is 0 Å². The van der Waals surface area contributed by atoms with Gasteiger partial charge in [-0.1, -0.05) is 87.2 Å². The fraction of sp³-hybridized carbons (Fsp3) is 0.481. The minimum absolute atomic E-state index is 0.0245. The minimum Gasteiger partial charge on any atom is -0.481 e. The van der Waals surface area contributed by atoms with Gasteiger partial charge in [-0.25, -0.2) is 0 Å². The van der Waals surface area contributed by atoms with Crippen LogP contribution in [0, 0.1) is 0 Å². The highest BCUT2D eigenvalue weighted by Gasteiger charge is 2.20. The number of hydrogen-bond acceptors (Lipinski definition) is 4. The Bertz CT molecular complexity index is 821. The van der Waals surface area contributed by atoms with Crippen LogP contribution in [0.15, 0.2) is 54.6 Å². The molecular formula is C27H36O4S2. The molecule has 1 unspecified atom stereocenters. The van der Waals surface area contributed by atoms with E-state index in [1.807, 2.05) is 6.07 Å². The predicted molar refractivity (Wildman–Crippen MR) is 140 cm³/mol. The Balaban J connectivity index is 2.22. The first-order valence-corrected chi connectivity index (χ1v) is 13.9. The topological polar surface area (TPSA) is 74.6 Å². The van der Waals surface area contributed by atoms with Gasteiger partial charge in [-0.05, 0) is 35.4 Å². The zero-order chi connectivity index (χ0) is 23.9. The molecule has 6 heteroatoms. The van der Waals surface area contributed by atoms with Crippen LogP contribution >= 0.6 is 23.5 Å². The van der Waals surface area contributed by atoms with Gasteiger partial charge in [0.15, 0.2) is 0 Å². The molecule has 2 aromatic carbocycles. The number of rotatable bonds is 17. The van der Waals surface area contributed by atoms with Crippen molar-refractivity contribution >= 4 is 35.5 Å². The highest BCUT2D eigenvalue weighted by atomic mass is 32.2. The van der Waals surface area contributed by atoms with Crippen LogP contribution in [0.25, 0.3) is 0 Å². The number of carbonyl (C=O) groups is 2. The molecule has 1 atom stereocenters. The zero-order valence-electron chi connectivity index (χ0n) is 19.4. The molecule has 180 valence electrons. The third-order valence-electron chi connectivity index (χ3n) is 5.62. The second-order valence-electron chi connectivity index (χ2n) is 8.22. The SMILES string of the molecule is CCCCCCC(Cc1ccccc1C(SCCC(=O)O)SCCC(=O)O)c1ccccc1. The van der Waals surface area contributed by atoms with Crippen molar-refractivity contribution in [2.75, 3.05) is 11.5 Å². The number of hydrogen-bond donors (Lipinski definition) is 2. The lowest BCUT2D eigenvalue weighted by Crippen LogP contribution is -2.08. The van der Waals surface area contributed by atoms with Crippen molar-refractivity contribution in [3.8, 4) is 0 Å². The Labute approximate surface area is 206 Å². The van der Waals surface area contributed by atoms with Gasteiger partial charge >= 0.3 is 11.9 Å². The van der Waals surface area contributed by atoms with Crippen molar-refractivity contribution in [3.63, 3.8) is 0 Å². The molecule has 0 amide bonds. The van der Waals surface area contributed by atoms with Crippen molar-refractivity contribution in [1.82, 2.24) is 0 Å². The maximum absolute atomic E-state index is 11.0. The Morgan fingerprint density at radius 2 is 1.42 bits per heavy atom. The largest absolute Gasteiger partial charge is 0.481 e. The van der Waals surface area contributed by atoms with Gasteiger partial charge in [0.2, 0.25) is 0 Å². The molecule has 0 fully saturated rings. The van der Waals surface area contributed by atoms with E-state index in [2.05, 4.69) is 55.5 Å². The molecule has 0 aliphatic heterocycles. The maximum atomic E-state index is 11.0. The van der Waals surface area contributed by atoms with Gasteiger partial charge < -0.3 is 10.2 Å². The summed E-state index contributed by atoms with van der Waals surface area (Å²) in [5, 5.41) is 18.1. The molecule has 0 saturated carbocycles. The van der Waals surface area contributed by atoms with Crippen LogP contribution in [0.2, 0.25) is 0 Å². The molecule has 33 heavy (non-hydrogen) atoms. The van der Waals surface area contributed by atoms with Crippen molar-refractivity contribution in [2.24, 2.45) is 0 Å². The van der Waals surface area contributed by atoms with Crippen LogP contribution in [0.3, 0.4) is 0 Å². The zero-order valence-corrected chi connectivity index (χ0v) is 21.1. The average molecular weight is 489 g/mol. The summed E-state index contributed by atoms with van der Waals surface area (Å²) in [6, 6.07) is 19.1. The Morgan fingerprint density at radius 1 is 0.818 bits per heavy atom. The third kappa shape index (κ3) is 10.7. The standard InChI is InChI=1S/C27H36O4S2/c1-2-3-4-6-13-22(21-11-7-5-8-12-21)20-23-14-9-10-15-24(23)27(32-18-16-25(28)29)33-19-17-26(30)31/h5,7-12,14-15,22,27H,2-4,6,13,16-20H2,1H3,(H,28,29)(H,30,31). The average Bonchev–Trinajstić information content (AvgIpc) is 2.80. The minimum atomic E-state index is -0.804. The van der Waals surface area contributed by atoms with Crippen molar-refractivity contribution in [1.29, 1.82) is 0 Å². The molecule has 0 aromatic heterocycles. The highest BCUT2D eigenvalue weighted by molar-refractivity contribution is 8.16. The van der Waals surface area contributed by atoms with E-state index in [0.717, 1.165) is 12.8 Å². The summed E-state index contributed by atoms with van der Waals surface area (Å²) >= 11 is 3.21. The summed E-state index contributed by atoms with van der Waals surface area (Å²) < 4.78 is 0.0245. The first-order chi connectivity index (χ1) is 16.0. The summed E-state index contributed by atoms with van der Waals surface area (Å²) in [6.45, 7) is 2.23. The lowest BCUT2D eigenvalue weighted by molar-refractivity contribution is -0.137. The van der Waals surface area contributed by atoms with Crippen LogP contribution in [0.1, 0.15) is 79.1 Å². The van der Waals surface area contributed by atoms with E-state index in [9.17, 15) is 9.59 Å². The maximum Gasteiger partial charge on any atom is 0.304 e. The number of thioether (sulfide) groups is 2. The lowest BCUT2D eigenvalue weighted by Gasteiger charge is -2.23. The molecule has 2 rings (SSSR count). The second kappa shape index (κ2) is 15.8. The normalized spacial score (nSPS) is 12.1. The smallest absolute Gasteiger partial charge is 0.304 e. The van der Waals surface area contributed by atoms with E-state index in [1.54, 1.807) is 23.5 Å². The van der Waals surface area contributed by atoms with Crippen LogP contribution in [0.4, 0.5) is 0 Å². The number of carboxylic acid groups (broad SMARTS) is 2. The summed E-state index contributed by atoms with van der Waals surface area (Å²) in [5.41, 5.74) is 3.83.